The van der Waals surface area contributed by atoms with Crippen molar-refractivity contribution in [1.82, 2.24) is 0 Å². The Balaban J connectivity index is 2.16. The molecule has 0 heterocycles. The first-order chi connectivity index (χ1) is 10.1. The molecule has 2 N–H and O–H groups in total. The van der Waals surface area contributed by atoms with Crippen LogP contribution in [0.4, 0.5) is 10.1 Å². The van der Waals surface area contributed by atoms with E-state index in [1.807, 2.05) is 6.07 Å². The monoisotopic (exact) mass is 286 g/mol. The minimum Gasteiger partial charge on any atom is -0.507 e. The summed E-state index contributed by atoms with van der Waals surface area (Å²) in [6.45, 7) is -0.109. The van der Waals surface area contributed by atoms with Gasteiger partial charge in [-0.1, -0.05) is 6.07 Å². The van der Waals surface area contributed by atoms with Crippen molar-refractivity contribution < 1.29 is 19.0 Å². The highest BCUT2D eigenvalue weighted by Crippen LogP contribution is 2.21. The summed E-state index contributed by atoms with van der Waals surface area (Å²) in [5.74, 6) is -1.17. The van der Waals surface area contributed by atoms with Crippen molar-refractivity contribution in [2.75, 3.05) is 11.9 Å². The Labute approximate surface area is 120 Å². The number of ether oxygens (including phenoxy) is 1. The maximum absolute atomic E-state index is 13.1. The number of phenols is 1. The molecular formula is C15H11FN2O3. The van der Waals surface area contributed by atoms with Crippen LogP contribution in [0.25, 0.3) is 0 Å². The molecule has 0 spiro atoms. The lowest BCUT2D eigenvalue weighted by atomic mass is 10.1. The zero-order chi connectivity index (χ0) is 15.2. The largest absolute Gasteiger partial charge is 0.507 e. The highest BCUT2D eigenvalue weighted by Gasteiger charge is 2.12. The van der Waals surface area contributed by atoms with E-state index in [4.69, 9.17) is 10.00 Å². The lowest BCUT2D eigenvalue weighted by Gasteiger charge is -2.08. The molecule has 0 fully saturated rings. The number of nitriles is 1. The van der Waals surface area contributed by atoms with E-state index in [2.05, 4.69) is 5.32 Å². The van der Waals surface area contributed by atoms with Gasteiger partial charge >= 0.3 is 0 Å². The summed E-state index contributed by atoms with van der Waals surface area (Å²) in [5.41, 5.74) is 0.234. The van der Waals surface area contributed by atoms with Gasteiger partial charge in [0.1, 0.15) is 23.4 Å². The number of phenolic OH excluding ortho intramolecular Hbond substituents is 1. The summed E-state index contributed by atoms with van der Waals surface area (Å²) in [7, 11) is 0. The van der Waals surface area contributed by atoms with Gasteiger partial charge in [0.2, 0.25) is 0 Å². The topological polar surface area (TPSA) is 82.3 Å². The van der Waals surface area contributed by atoms with Crippen molar-refractivity contribution in [1.29, 1.82) is 5.26 Å². The summed E-state index contributed by atoms with van der Waals surface area (Å²) in [6.07, 6.45) is 0. The van der Waals surface area contributed by atoms with Crippen molar-refractivity contribution in [2.24, 2.45) is 0 Å². The second-order valence-electron chi connectivity index (χ2n) is 4.09. The minimum absolute atomic E-state index is 0.109. The van der Waals surface area contributed by atoms with Gasteiger partial charge in [0.15, 0.2) is 6.61 Å². The summed E-state index contributed by atoms with van der Waals surface area (Å²) < 4.78 is 18.2. The number of hydrogen-bond acceptors (Lipinski definition) is 4. The molecule has 0 saturated heterocycles. The van der Waals surface area contributed by atoms with Gasteiger partial charge in [0.05, 0.1) is 5.56 Å². The van der Waals surface area contributed by atoms with Crippen LogP contribution in [0.2, 0.25) is 0 Å². The summed E-state index contributed by atoms with van der Waals surface area (Å²) in [6, 6.07) is 11.3. The lowest BCUT2D eigenvalue weighted by molar-refractivity contribution is 0.102. The van der Waals surface area contributed by atoms with Crippen LogP contribution in [-0.4, -0.2) is 17.6 Å². The summed E-state index contributed by atoms with van der Waals surface area (Å²) in [4.78, 5) is 12.0. The van der Waals surface area contributed by atoms with Crippen molar-refractivity contribution in [3.8, 4) is 17.6 Å². The third kappa shape index (κ3) is 3.70. The average molecular weight is 286 g/mol. The van der Waals surface area contributed by atoms with Crippen LogP contribution in [0, 0.1) is 17.1 Å². The van der Waals surface area contributed by atoms with Gasteiger partial charge in [0.25, 0.3) is 5.91 Å². The van der Waals surface area contributed by atoms with E-state index in [0.29, 0.717) is 11.4 Å². The van der Waals surface area contributed by atoms with Crippen LogP contribution < -0.4 is 10.1 Å². The van der Waals surface area contributed by atoms with Gasteiger partial charge in [-0.25, -0.2) is 4.39 Å². The number of carbonyl (C=O) groups is 1. The van der Waals surface area contributed by atoms with E-state index in [-0.39, 0.29) is 17.9 Å². The smallest absolute Gasteiger partial charge is 0.259 e. The van der Waals surface area contributed by atoms with Gasteiger partial charge in [-0.3, -0.25) is 4.79 Å². The van der Waals surface area contributed by atoms with Gasteiger partial charge in [-0.2, -0.15) is 5.26 Å². The third-order valence-corrected chi connectivity index (χ3v) is 2.60. The molecule has 0 bridgehead atoms. The highest BCUT2D eigenvalue weighted by atomic mass is 19.1. The highest BCUT2D eigenvalue weighted by molar-refractivity contribution is 6.06. The Morgan fingerprint density at radius 3 is 2.90 bits per heavy atom. The Bertz CT molecular complexity index is 710. The predicted octanol–water partition coefficient (Wildman–Crippen LogP) is 2.69. The van der Waals surface area contributed by atoms with Crippen LogP contribution in [0.1, 0.15) is 10.4 Å². The standard InChI is InChI=1S/C15H11FN2O3/c16-10-4-5-14(19)13(8-10)15(20)18-11-2-1-3-12(9-11)21-7-6-17/h1-5,8-9,19H,7H2,(H,18,20). The molecule has 6 heteroatoms. The molecule has 2 rings (SSSR count). The quantitative estimate of drug-likeness (QED) is 0.905. The molecule has 0 aliphatic heterocycles. The maximum atomic E-state index is 13.1. The molecule has 0 radical (unpaired) electrons. The van der Waals surface area contributed by atoms with Crippen LogP contribution in [0.3, 0.4) is 0 Å². The molecule has 0 atom stereocenters. The number of hydrogen-bond donors (Lipinski definition) is 2. The van der Waals surface area contributed by atoms with Crippen molar-refractivity contribution in [3.63, 3.8) is 0 Å². The number of carbonyl (C=O) groups excluding carboxylic acids is 1. The molecule has 2 aromatic rings. The third-order valence-electron chi connectivity index (χ3n) is 2.60. The molecule has 0 aliphatic rings. The SMILES string of the molecule is N#CCOc1cccc(NC(=O)c2cc(F)ccc2O)c1. The van der Waals surface area contributed by atoms with E-state index >= 15 is 0 Å². The number of aromatic hydroxyl groups is 1. The number of rotatable bonds is 4. The zero-order valence-corrected chi connectivity index (χ0v) is 10.8. The molecule has 106 valence electrons. The lowest BCUT2D eigenvalue weighted by Crippen LogP contribution is -2.12. The average Bonchev–Trinajstić information content (AvgIpc) is 2.48. The van der Waals surface area contributed by atoms with Crippen molar-refractivity contribution in [2.45, 2.75) is 0 Å². The first kappa shape index (κ1) is 14.3. The fourth-order valence-corrected chi connectivity index (χ4v) is 1.67. The van der Waals surface area contributed by atoms with Crippen LogP contribution in [-0.2, 0) is 0 Å². The molecule has 0 unspecified atom stereocenters. The van der Waals surface area contributed by atoms with Crippen LogP contribution >= 0.6 is 0 Å². The molecule has 2 aromatic carbocycles. The van der Waals surface area contributed by atoms with E-state index in [9.17, 15) is 14.3 Å². The second-order valence-corrected chi connectivity index (χ2v) is 4.09. The van der Waals surface area contributed by atoms with Gasteiger partial charge in [-0.05, 0) is 30.3 Å². The number of nitrogens with one attached hydrogen (secondary N) is 1. The van der Waals surface area contributed by atoms with E-state index in [0.717, 1.165) is 18.2 Å². The minimum atomic E-state index is -0.649. The first-order valence-corrected chi connectivity index (χ1v) is 6.00. The Morgan fingerprint density at radius 1 is 1.33 bits per heavy atom. The van der Waals surface area contributed by atoms with Crippen LogP contribution in [0.15, 0.2) is 42.5 Å². The van der Waals surface area contributed by atoms with E-state index < -0.39 is 11.7 Å². The number of anilines is 1. The van der Waals surface area contributed by atoms with E-state index in [1.165, 1.54) is 6.07 Å². The fourth-order valence-electron chi connectivity index (χ4n) is 1.67. The predicted molar refractivity (Wildman–Crippen MR) is 73.6 cm³/mol. The number of amides is 1. The maximum Gasteiger partial charge on any atom is 0.259 e. The second kappa shape index (κ2) is 6.39. The molecule has 0 aromatic heterocycles. The van der Waals surface area contributed by atoms with E-state index in [1.54, 1.807) is 18.2 Å². The van der Waals surface area contributed by atoms with Crippen molar-refractivity contribution in [3.05, 3.63) is 53.8 Å². The number of benzene rings is 2. The fraction of sp³-hybridized carbons (Fsp3) is 0.0667. The Hall–Kier alpha value is -3.07. The number of nitrogens with zero attached hydrogens (tertiary/aromatic N) is 1. The van der Waals surface area contributed by atoms with Gasteiger partial charge < -0.3 is 15.2 Å². The van der Waals surface area contributed by atoms with Crippen LogP contribution in [0.5, 0.6) is 11.5 Å². The zero-order valence-electron chi connectivity index (χ0n) is 10.8. The molecule has 0 saturated carbocycles. The Kier molecular flexibility index (Phi) is 4.36. The first-order valence-electron chi connectivity index (χ1n) is 6.00. The molecule has 21 heavy (non-hydrogen) atoms. The summed E-state index contributed by atoms with van der Waals surface area (Å²) >= 11 is 0. The molecule has 5 nitrogen and oxygen atoms in total. The van der Waals surface area contributed by atoms with Crippen molar-refractivity contribution >= 4 is 11.6 Å². The van der Waals surface area contributed by atoms with Gasteiger partial charge in [0, 0.05) is 11.8 Å². The summed E-state index contributed by atoms with van der Waals surface area (Å²) in [5, 5.41) is 20.5. The number of halogens is 1. The normalized spacial score (nSPS) is 9.71. The van der Waals surface area contributed by atoms with Gasteiger partial charge in [-0.15, -0.1) is 0 Å². The molecule has 0 aliphatic carbocycles. The Morgan fingerprint density at radius 2 is 2.14 bits per heavy atom. The molecular weight excluding hydrogens is 275 g/mol. The molecule has 1 amide bonds.